The Morgan fingerprint density at radius 1 is 1.00 bits per heavy atom. The maximum Gasteiger partial charge on any atom is 0.247 e. The van der Waals surface area contributed by atoms with Crippen molar-refractivity contribution in [2.45, 2.75) is 18.9 Å². The Kier molecular flexibility index (Phi) is 3.22. The van der Waals surface area contributed by atoms with Crippen LogP contribution in [-0.2, 0) is 11.2 Å². The van der Waals surface area contributed by atoms with Crippen LogP contribution < -0.4 is 15.5 Å². The van der Waals surface area contributed by atoms with Crippen LogP contribution in [0.1, 0.15) is 12.0 Å². The Labute approximate surface area is 130 Å². The smallest absolute Gasteiger partial charge is 0.247 e. The van der Waals surface area contributed by atoms with Crippen LogP contribution in [0.2, 0.25) is 0 Å². The third-order valence-corrected chi connectivity index (χ3v) is 4.52. The van der Waals surface area contributed by atoms with Crippen LogP contribution in [0.25, 0.3) is 0 Å². The van der Waals surface area contributed by atoms with Crippen LogP contribution in [0.15, 0.2) is 48.5 Å². The Bertz CT molecular complexity index is 713. The first-order valence-corrected chi connectivity index (χ1v) is 7.81. The molecule has 1 amide bonds. The molecule has 0 aliphatic carbocycles. The van der Waals surface area contributed by atoms with Crippen molar-refractivity contribution in [3.05, 3.63) is 54.1 Å². The number of hydrogen-bond acceptors (Lipinski definition) is 3. The minimum atomic E-state index is -0.115. The van der Waals surface area contributed by atoms with E-state index in [2.05, 4.69) is 33.7 Å². The summed E-state index contributed by atoms with van der Waals surface area (Å²) in [6.45, 7) is 1.72. The van der Waals surface area contributed by atoms with Gasteiger partial charge in [-0.25, -0.2) is 0 Å². The molecule has 2 heterocycles. The fourth-order valence-corrected chi connectivity index (χ4v) is 3.43. The van der Waals surface area contributed by atoms with Gasteiger partial charge >= 0.3 is 0 Å². The van der Waals surface area contributed by atoms with Crippen LogP contribution in [0.5, 0.6) is 0 Å². The van der Waals surface area contributed by atoms with E-state index in [9.17, 15) is 4.79 Å². The lowest BCUT2D eigenvalue weighted by atomic mass is 10.0. The van der Waals surface area contributed by atoms with E-state index in [1.165, 1.54) is 5.56 Å². The van der Waals surface area contributed by atoms with E-state index in [4.69, 9.17) is 0 Å². The molecule has 2 aliphatic rings. The number of nitrogens with zero attached hydrogens (tertiary/aromatic N) is 1. The second-order valence-corrected chi connectivity index (χ2v) is 5.84. The monoisotopic (exact) mass is 293 g/mol. The van der Waals surface area contributed by atoms with Gasteiger partial charge in [-0.05, 0) is 36.6 Å². The van der Waals surface area contributed by atoms with E-state index in [1.54, 1.807) is 0 Å². The van der Waals surface area contributed by atoms with E-state index < -0.39 is 0 Å². The van der Waals surface area contributed by atoms with Gasteiger partial charge in [0.25, 0.3) is 0 Å². The molecule has 4 heteroatoms. The summed E-state index contributed by atoms with van der Waals surface area (Å²) in [7, 11) is 0. The van der Waals surface area contributed by atoms with Gasteiger partial charge in [0.2, 0.25) is 5.91 Å². The first-order chi connectivity index (χ1) is 10.8. The number of hydrogen-bond donors (Lipinski definition) is 2. The molecule has 0 spiro atoms. The lowest BCUT2D eigenvalue weighted by molar-refractivity contribution is -0.117. The zero-order valence-corrected chi connectivity index (χ0v) is 12.4. The summed E-state index contributed by atoms with van der Waals surface area (Å²) in [4.78, 5) is 15.0. The minimum Gasteiger partial charge on any atom is -0.382 e. The quantitative estimate of drug-likeness (QED) is 0.850. The Balaban J connectivity index is 1.66. The molecular weight excluding hydrogens is 274 g/mol. The maximum absolute atomic E-state index is 12.7. The van der Waals surface area contributed by atoms with Gasteiger partial charge in [-0.1, -0.05) is 30.3 Å². The van der Waals surface area contributed by atoms with E-state index in [1.807, 2.05) is 30.3 Å². The molecule has 0 saturated carbocycles. The third kappa shape index (κ3) is 2.21. The molecule has 0 bridgehead atoms. The highest BCUT2D eigenvalue weighted by atomic mass is 16.2. The van der Waals surface area contributed by atoms with Crippen LogP contribution in [0.4, 0.5) is 17.1 Å². The molecule has 4 nitrogen and oxygen atoms in total. The number of fused-ring (bicyclic) bond motifs is 2. The van der Waals surface area contributed by atoms with Crippen molar-refractivity contribution in [1.82, 2.24) is 0 Å². The number of anilines is 3. The zero-order valence-electron chi connectivity index (χ0n) is 12.4. The van der Waals surface area contributed by atoms with Crippen LogP contribution in [0, 0.1) is 0 Å². The summed E-state index contributed by atoms with van der Waals surface area (Å²) in [5, 5.41) is 6.51. The van der Waals surface area contributed by atoms with E-state index in [0.29, 0.717) is 0 Å². The largest absolute Gasteiger partial charge is 0.382 e. The summed E-state index contributed by atoms with van der Waals surface area (Å²) in [6, 6.07) is 16.2. The van der Waals surface area contributed by atoms with E-state index in [0.717, 1.165) is 43.0 Å². The fourth-order valence-electron chi connectivity index (χ4n) is 3.43. The molecule has 1 atom stereocenters. The van der Waals surface area contributed by atoms with Crippen molar-refractivity contribution in [2.24, 2.45) is 0 Å². The average Bonchev–Trinajstić information content (AvgIpc) is 2.72. The molecule has 0 radical (unpaired) electrons. The Hall–Kier alpha value is -2.49. The number of para-hydroxylation sites is 3. The highest BCUT2D eigenvalue weighted by molar-refractivity contribution is 5.99. The van der Waals surface area contributed by atoms with Crippen molar-refractivity contribution in [2.75, 3.05) is 28.6 Å². The lowest BCUT2D eigenvalue weighted by Gasteiger charge is -2.37. The number of rotatable bonds is 1. The maximum atomic E-state index is 12.7. The Morgan fingerprint density at radius 2 is 1.77 bits per heavy atom. The molecule has 1 unspecified atom stereocenters. The van der Waals surface area contributed by atoms with Gasteiger partial charge < -0.3 is 15.5 Å². The predicted molar refractivity (Wildman–Crippen MR) is 89.5 cm³/mol. The number of carbonyl (C=O) groups is 1. The van der Waals surface area contributed by atoms with Crippen molar-refractivity contribution in [3.8, 4) is 0 Å². The molecule has 2 N–H and O–H groups in total. The summed E-state index contributed by atoms with van der Waals surface area (Å²) in [5.74, 6) is 0.0988. The second kappa shape index (κ2) is 5.37. The topological polar surface area (TPSA) is 44.4 Å². The lowest BCUT2D eigenvalue weighted by Crippen LogP contribution is -2.47. The van der Waals surface area contributed by atoms with Crippen molar-refractivity contribution < 1.29 is 4.79 Å². The predicted octanol–water partition coefficient (Wildman–Crippen LogP) is 2.87. The fraction of sp³-hybridized carbons (Fsp3) is 0.278. The number of benzene rings is 2. The Morgan fingerprint density at radius 3 is 2.68 bits per heavy atom. The number of nitrogens with one attached hydrogen (secondary N) is 2. The van der Waals surface area contributed by atoms with Gasteiger partial charge in [0.15, 0.2) is 0 Å². The minimum absolute atomic E-state index is 0.0988. The van der Waals surface area contributed by atoms with Crippen molar-refractivity contribution >= 4 is 23.0 Å². The van der Waals surface area contributed by atoms with Crippen LogP contribution in [0.3, 0.4) is 0 Å². The average molecular weight is 293 g/mol. The molecule has 4 rings (SSSR count). The normalized spacial score (nSPS) is 20.3. The van der Waals surface area contributed by atoms with Gasteiger partial charge in [0.05, 0.1) is 11.4 Å². The van der Waals surface area contributed by atoms with Gasteiger partial charge in [-0.3, -0.25) is 4.79 Å². The summed E-state index contributed by atoms with van der Waals surface area (Å²) in [5.41, 5.74) is 4.42. The van der Waals surface area contributed by atoms with Crippen molar-refractivity contribution in [1.29, 1.82) is 0 Å². The standard InChI is InChI=1S/C18H19N3O/c22-18-17(10-9-13-5-1-2-6-14(13)20-18)21-12-11-19-15-7-3-4-8-16(15)21/h1-8,17,19H,9-12H2,(H,20,22). The molecule has 0 saturated heterocycles. The van der Waals surface area contributed by atoms with Gasteiger partial charge in [-0.2, -0.15) is 0 Å². The molecule has 2 aromatic rings. The molecule has 112 valence electrons. The van der Waals surface area contributed by atoms with E-state index in [-0.39, 0.29) is 11.9 Å². The zero-order chi connectivity index (χ0) is 14.9. The molecule has 0 fully saturated rings. The van der Waals surface area contributed by atoms with Gasteiger partial charge in [0.1, 0.15) is 6.04 Å². The molecule has 2 aromatic carbocycles. The number of carbonyl (C=O) groups excluding carboxylic acids is 1. The van der Waals surface area contributed by atoms with Crippen LogP contribution in [-0.4, -0.2) is 25.0 Å². The molecular formula is C18H19N3O. The number of aryl methyl sites for hydroxylation is 1. The van der Waals surface area contributed by atoms with Crippen molar-refractivity contribution in [3.63, 3.8) is 0 Å². The first-order valence-electron chi connectivity index (χ1n) is 7.81. The van der Waals surface area contributed by atoms with E-state index >= 15 is 0 Å². The highest BCUT2D eigenvalue weighted by Gasteiger charge is 2.31. The first kappa shape index (κ1) is 13.2. The summed E-state index contributed by atoms with van der Waals surface area (Å²) < 4.78 is 0. The summed E-state index contributed by atoms with van der Waals surface area (Å²) in [6.07, 6.45) is 1.77. The van der Waals surface area contributed by atoms with Crippen LogP contribution >= 0.6 is 0 Å². The SMILES string of the molecule is O=C1Nc2ccccc2CCC1N1CCNc2ccccc21. The van der Waals surface area contributed by atoms with Gasteiger partial charge in [-0.15, -0.1) is 0 Å². The molecule has 0 aromatic heterocycles. The molecule has 2 aliphatic heterocycles. The van der Waals surface area contributed by atoms with Gasteiger partial charge in [0, 0.05) is 18.8 Å². The number of amides is 1. The second-order valence-electron chi connectivity index (χ2n) is 5.84. The highest BCUT2D eigenvalue weighted by Crippen LogP contribution is 2.33. The molecule has 22 heavy (non-hydrogen) atoms. The third-order valence-electron chi connectivity index (χ3n) is 4.52. The summed E-state index contributed by atoms with van der Waals surface area (Å²) >= 11 is 0.